The van der Waals surface area contributed by atoms with E-state index in [1.807, 2.05) is 35.7 Å². The van der Waals surface area contributed by atoms with Crippen molar-refractivity contribution in [2.45, 2.75) is 32.7 Å². The molecule has 4 heterocycles. The van der Waals surface area contributed by atoms with Crippen LogP contribution >= 0.6 is 11.3 Å². The van der Waals surface area contributed by atoms with Crippen LogP contribution in [-0.2, 0) is 6.54 Å². The third-order valence-corrected chi connectivity index (χ3v) is 6.55. The predicted octanol–water partition coefficient (Wildman–Crippen LogP) is 3.22. The first-order valence-electron chi connectivity index (χ1n) is 9.51. The average Bonchev–Trinajstić information content (AvgIpc) is 3.32. The summed E-state index contributed by atoms with van der Waals surface area (Å²) in [5.74, 6) is 1.51. The van der Waals surface area contributed by atoms with E-state index >= 15 is 0 Å². The minimum atomic E-state index is 0.117. The topological polar surface area (TPSA) is 49.3 Å². The van der Waals surface area contributed by atoms with Crippen molar-refractivity contribution in [2.75, 3.05) is 26.2 Å². The van der Waals surface area contributed by atoms with E-state index in [1.54, 1.807) is 11.3 Å². The number of carbonyl (C=O) groups is 1. The van der Waals surface area contributed by atoms with Crippen molar-refractivity contribution in [1.82, 2.24) is 19.8 Å². The molecule has 0 saturated carbocycles. The molecular weight excluding hydrogens is 344 g/mol. The molecule has 26 heavy (non-hydrogen) atoms. The largest absolute Gasteiger partial charge is 0.337 e. The lowest BCUT2D eigenvalue weighted by Crippen LogP contribution is -2.37. The lowest BCUT2D eigenvalue weighted by atomic mass is 9.83. The predicted molar refractivity (Wildman–Crippen MR) is 103 cm³/mol. The molecular formula is C20H26N4OS. The van der Waals surface area contributed by atoms with Crippen LogP contribution in [0.5, 0.6) is 0 Å². The highest BCUT2D eigenvalue weighted by Gasteiger charge is 2.34. The molecule has 0 aromatic carbocycles. The van der Waals surface area contributed by atoms with Gasteiger partial charge in [-0.25, -0.2) is 4.98 Å². The van der Waals surface area contributed by atoms with Crippen LogP contribution in [0.2, 0.25) is 0 Å². The van der Waals surface area contributed by atoms with Gasteiger partial charge in [-0.3, -0.25) is 14.7 Å². The van der Waals surface area contributed by atoms with Gasteiger partial charge in [0, 0.05) is 37.4 Å². The number of rotatable bonds is 4. The Morgan fingerprint density at radius 1 is 1.23 bits per heavy atom. The molecule has 2 fully saturated rings. The lowest BCUT2D eigenvalue weighted by molar-refractivity contribution is 0.0768. The summed E-state index contributed by atoms with van der Waals surface area (Å²) in [5.41, 5.74) is 1.92. The van der Waals surface area contributed by atoms with Gasteiger partial charge in [0.2, 0.25) is 0 Å². The summed E-state index contributed by atoms with van der Waals surface area (Å²) >= 11 is 1.55. The van der Waals surface area contributed by atoms with Gasteiger partial charge in [0.05, 0.1) is 5.01 Å². The van der Waals surface area contributed by atoms with Crippen molar-refractivity contribution in [3.8, 4) is 0 Å². The number of piperidine rings is 1. The molecule has 1 atom stereocenters. The Morgan fingerprint density at radius 2 is 2.04 bits per heavy atom. The van der Waals surface area contributed by atoms with E-state index in [2.05, 4.69) is 20.9 Å². The monoisotopic (exact) mass is 370 g/mol. The van der Waals surface area contributed by atoms with Crippen LogP contribution in [-0.4, -0.2) is 51.9 Å². The first-order valence-corrected chi connectivity index (χ1v) is 10.4. The van der Waals surface area contributed by atoms with E-state index in [-0.39, 0.29) is 5.91 Å². The van der Waals surface area contributed by atoms with E-state index < -0.39 is 0 Å². The second-order valence-electron chi connectivity index (χ2n) is 7.53. The summed E-state index contributed by atoms with van der Waals surface area (Å²) in [6.45, 7) is 7.04. The highest BCUT2D eigenvalue weighted by Crippen LogP contribution is 2.32. The standard InChI is InChI=1S/C20H26N4OS/c1-15-22-19(14-26-15)20(25)24-10-6-18(13-24)17-4-8-23(9-5-17)12-16-3-2-7-21-11-16/h2-3,7,11,14,17-18H,4-6,8-10,12-13H2,1H3/t18-/m1/s1. The molecule has 2 saturated heterocycles. The maximum atomic E-state index is 12.6. The molecule has 2 aliphatic rings. The first kappa shape index (κ1) is 17.6. The Morgan fingerprint density at radius 3 is 2.73 bits per heavy atom. The van der Waals surface area contributed by atoms with Gasteiger partial charge in [0.1, 0.15) is 5.69 Å². The summed E-state index contributed by atoms with van der Waals surface area (Å²) in [4.78, 5) is 25.7. The normalized spacial score (nSPS) is 22.0. The molecule has 138 valence electrons. The minimum absolute atomic E-state index is 0.117. The van der Waals surface area contributed by atoms with Crippen molar-refractivity contribution in [3.05, 3.63) is 46.2 Å². The van der Waals surface area contributed by atoms with Gasteiger partial charge in [0.25, 0.3) is 5.91 Å². The maximum absolute atomic E-state index is 12.6. The van der Waals surface area contributed by atoms with E-state index in [1.165, 1.54) is 18.4 Å². The molecule has 0 aliphatic carbocycles. The van der Waals surface area contributed by atoms with Gasteiger partial charge >= 0.3 is 0 Å². The molecule has 6 heteroatoms. The van der Waals surface area contributed by atoms with Crippen LogP contribution in [0.25, 0.3) is 0 Å². The van der Waals surface area contributed by atoms with Gasteiger partial charge in [-0.05, 0) is 62.7 Å². The Labute approximate surface area is 159 Å². The fourth-order valence-corrected chi connectivity index (χ4v) is 4.90. The molecule has 2 aromatic rings. The summed E-state index contributed by atoms with van der Waals surface area (Å²) in [5, 5.41) is 2.85. The zero-order valence-electron chi connectivity index (χ0n) is 15.3. The number of amides is 1. The summed E-state index contributed by atoms with van der Waals surface area (Å²) < 4.78 is 0. The van der Waals surface area contributed by atoms with Crippen molar-refractivity contribution >= 4 is 17.2 Å². The Bertz CT molecular complexity index is 739. The fourth-order valence-electron chi connectivity index (χ4n) is 4.31. The Balaban J connectivity index is 1.27. The van der Waals surface area contributed by atoms with Crippen molar-refractivity contribution in [3.63, 3.8) is 0 Å². The van der Waals surface area contributed by atoms with Crippen molar-refractivity contribution < 1.29 is 4.79 Å². The van der Waals surface area contributed by atoms with Crippen LogP contribution < -0.4 is 0 Å². The van der Waals surface area contributed by atoms with E-state index in [4.69, 9.17) is 0 Å². The quantitative estimate of drug-likeness (QED) is 0.829. The molecule has 5 nitrogen and oxygen atoms in total. The van der Waals surface area contributed by atoms with E-state index in [0.29, 0.717) is 11.6 Å². The SMILES string of the molecule is Cc1nc(C(=O)N2CC[C@@H](C3CCN(Cc4cccnc4)CC3)C2)cs1. The van der Waals surface area contributed by atoms with Crippen molar-refractivity contribution in [1.29, 1.82) is 0 Å². The van der Waals surface area contributed by atoms with E-state index in [9.17, 15) is 4.79 Å². The number of thiazole rings is 1. The maximum Gasteiger partial charge on any atom is 0.273 e. The number of likely N-dealkylation sites (tertiary alicyclic amines) is 2. The van der Waals surface area contributed by atoms with Gasteiger partial charge in [-0.2, -0.15) is 0 Å². The molecule has 2 aliphatic heterocycles. The highest BCUT2D eigenvalue weighted by molar-refractivity contribution is 7.09. The zero-order valence-corrected chi connectivity index (χ0v) is 16.1. The van der Waals surface area contributed by atoms with Crippen LogP contribution in [0.3, 0.4) is 0 Å². The molecule has 2 aromatic heterocycles. The van der Waals surface area contributed by atoms with Crippen LogP contribution in [0, 0.1) is 18.8 Å². The van der Waals surface area contributed by atoms with Gasteiger partial charge in [-0.1, -0.05) is 6.07 Å². The number of nitrogens with zero attached hydrogens (tertiary/aromatic N) is 4. The fraction of sp³-hybridized carbons (Fsp3) is 0.550. The molecule has 1 amide bonds. The zero-order chi connectivity index (χ0) is 17.9. The van der Waals surface area contributed by atoms with Crippen LogP contribution in [0.4, 0.5) is 0 Å². The third kappa shape index (κ3) is 3.96. The Hall–Kier alpha value is -1.79. The minimum Gasteiger partial charge on any atom is -0.337 e. The highest BCUT2D eigenvalue weighted by atomic mass is 32.1. The molecule has 0 spiro atoms. The first-order chi connectivity index (χ1) is 12.7. The average molecular weight is 371 g/mol. The molecule has 0 N–H and O–H groups in total. The Kier molecular flexibility index (Phi) is 5.31. The number of pyridine rings is 1. The molecule has 4 rings (SSSR count). The van der Waals surface area contributed by atoms with Gasteiger partial charge in [-0.15, -0.1) is 11.3 Å². The van der Waals surface area contributed by atoms with Gasteiger partial charge < -0.3 is 4.90 Å². The molecule has 0 radical (unpaired) electrons. The van der Waals surface area contributed by atoms with Crippen LogP contribution in [0.15, 0.2) is 29.9 Å². The summed E-state index contributed by atoms with van der Waals surface area (Å²) in [7, 11) is 0. The van der Waals surface area contributed by atoms with E-state index in [0.717, 1.165) is 50.1 Å². The number of hydrogen-bond acceptors (Lipinski definition) is 5. The number of carbonyl (C=O) groups excluding carboxylic acids is 1. The van der Waals surface area contributed by atoms with Crippen LogP contribution in [0.1, 0.15) is 40.3 Å². The smallest absolute Gasteiger partial charge is 0.273 e. The number of aromatic nitrogens is 2. The lowest BCUT2D eigenvalue weighted by Gasteiger charge is -2.34. The second kappa shape index (κ2) is 7.84. The third-order valence-electron chi connectivity index (χ3n) is 5.78. The summed E-state index contributed by atoms with van der Waals surface area (Å²) in [6, 6.07) is 4.16. The second-order valence-corrected chi connectivity index (χ2v) is 8.59. The molecule has 0 unspecified atom stereocenters. The number of hydrogen-bond donors (Lipinski definition) is 0. The number of aryl methyl sites for hydroxylation is 1. The summed E-state index contributed by atoms with van der Waals surface area (Å²) in [6.07, 6.45) is 7.41. The van der Waals surface area contributed by atoms with Crippen molar-refractivity contribution in [2.24, 2.45) is 11.8 Å². The molecule has 0 bridgehead atoms. The van der Waals surface area contributed by atoms with Gasteiger partial charge in [0.15, 0.2) is 0 Å².